The van der Waals surface area contributed by atoms with Gasteiger partial charge in [0.25, 0.3) is 0 Å². The van der Waals surface area contributed by atoms with Gasteiger partial charge < -0.3 is 15.5 Å². The number of alkyl halides is 3. The highest BCUT2D eigenvalue weighted by molar-refractivity contribution is 7.89. The van der Waals surface area contributed by atoms with Gasteiger partial charge in [-0.3, -0.25) is 4.79 Å². The fourth-order valence-electron chi connectivity index (χ4n) is 6.02. The first-order chi connectivity index (χ1) is 20.6. The van der Waals surface area contributed by atoms with Crippen molar-refractivity contribution in [1.29, 1.82) is 0 Å². The van der Waals surface area contributed by atoms with Gasteiger partial charge in [-0.2, -0.15) is 17.5 Å². The molecular weight excluding hydrogens is 593 g/mol. The van der Waals surface area contributed by atoms with E-state index in [1.54, 1.807) is 24.3 Å². The van der Waals surface area contributed by atoms with Crippen LogP contribution in [0, 0.1) is 5.92 Å². The molecule has 11 heteroatoms. The molecule has 0 amide bonds. The molecule has 3 aromatic carbocycles. The predicted octanol–water partition coefficient (Wildman–Crippen LogP) is 5.54. The lowest BCUT2D eigenvalue weighted by molar-refractivity contribution is -0.140. The van der Waals surface area contributed by atoms with Gasteiger partial charge in [-0.25, -0.2) is 8.42 Å². The standard InChI is InChI=1S/C33H39F3N2O5S/c1-32(2,19-22-16-24-9-4-5-10-25(24)17-22)37-20-27(39)21-38(3)44(42,43)30-14-12-26(18-29(30)33(34,35)36)28-11-7-6-8-23(28)13-15-31(40)41/h4-12,14,18,22,27,37,39H,13,15-17,19-21H2,1-3H3,(H,40,41)/t27-/m1/s1. The van der Waals surface area contributed by atoms with Crippen LogP contribution in [0.5, 0.6) is 0 Å². The Balaban J connectivity index is 1.45. The lowest BCUT2D eigenvalue weighted by Gasteiger charge is -2.31. The van der Waals surface area contributed by atoms with Crippen molar-refractivity contribution >= 4 is 16.0 Å². The van der Waals surface area contributed by atoms with Gasteiger partial charge in [0, 0.05) is 32.1 Å². The number of hydrogen-bond donors (Lipinski definition) is 3. The van der Waals surface area contributed by atoms with E-state index >= 15 is 0 Å². The summed E-state index contributed by atoms with van der Waals surface area (Å²) >= 11 is 0. The highest BCUT2D eigenvalue weighted by Crippen LogP contribution is 2.39. The van der Waals surface area contributed by atoms with E-state index in [-0.39, 0.29) is 30.5 Å². The van der Waals surface area contributed by atoms with Crippen molar-refractivity contribution in [1.82, 2.24) is 9.62 Å². The summed E-state index contributed by atoms with van der Waals surface area (Å²) in [7, 11) is -3.49. The molecule has 1 atom stereocenters. The maximum Gasteiger partial charge on any atom is 0.417 e. The van der Waals surface area contributed by atoms with Gasteiger partial charge in [-0.1, -0.05) is 54.6 Å². The van der Waals surface area contributed by atoms with E-state index in [4.69, 9.17) is 5.11 Å². The number of carboxylic acid groups (broad SMARTS) is 1. The summed E-state index contributed by atoms with van der Waals surface area (Å²) < 4.78 is 70.3. The summed E-state index contributed by atoms with van der Waals surface area (Å²) in [6.07, 6.45) is -3.47. The molecule has 0 heterocycles. The third-order valence-corrected chi connectivity index (χ3v) is 10.0. The number of fused-ring (bicyclic) bond motifs is 1. The van der Waals surface area contributed by atoms with Crippen LogP contribution >= 0.6 is 0 Å². The maximum atomic E-state index is 14.2. The Bertz CT molecular complexity index is 1570. The van der Waals surface area contributed by atoms with E-state index in [2.05, 4.69) is 17.4 Å². The Hall–Kier alpha value is -3.25. The number of aliphatic hydroxyl groups is 1. The highest BCUT2D eigenvalue weighted by Gasteiger charge is 2.39. The zero-order valence-corrected chi connectivity index (χ0v) is 25.9. The molecule has 0 fully saturated rings. The van der Waals surface area contributed by atoms with Gasteiger partial charge in [0.1, 0.15) is 0 Å². The first kappa shape index (κ1) is 33.6. The Morgan fingerprint density at radius 2 is 1.64 bits per heavy atom. The SMILES string of the molecule is CN(C[C@H](O)CNC(C)(C)CC1Cc2ccccc2C1)S(=O)(=O)c1ccc(-c2ccccc2CCC(=O)O)cc1C(F)(F)F. The number of sulfonamides is 1. The Labute approximate surface area is 256 Å². The molecule has 0 aliphatic heterocycles. The number of aliphatic carboxylic acids is 1. The second-order valence-electron chi connectivity index (χ2n) is 12.2. The van der Waals surface area contributed by atoms with Crippen LogP contribution in [0.2, 0.25) is 0 Å². The molecule has 0 aromatic heterocycles. The minimum Gasteiger partial charge on any atom is -0.481 e. The van der Waals surface area contributed by atoms with E-state index in [1.807, 2.05) is 26.0 Å². The molecule has 0 unspecified atom stereocenters. The van der Waals surface area contributed by atoms with Gasteiger partial charge in [0.15, 0.2) is 0 Å². The van der Waals surface area contributed by atoms with Gasteiger partial charge in [0.2, 0.25) is 10.0 Å². The number of benzene rings is 3. The van der Waals surface area contributed by atoms with E-state index in [0.29, 0.717) is 17.0 Å². The van der Waals surface area contributed by atoms with Gasteiger partial charge in [0.05, 0.1) is 16.6 Å². The Morgan fingerprint density at radius 3 is 2.25 bits per heavy atom. The average Bonchev–Trinajstić information content (AvgIpc) is 3.36. The predicted molar refractivity (Wildman–Crippen MR) is 163 cm³/mol. The molecule has 3 aromatic rings. The second kappa shape index (κ2) is 13.4. The highest BCUT2D eigenvalue weighted by atomic mass is 32.2. The number of aryl methyl sites for hydroxylation is 1. The van der Waals surface area contributed by atoms with Gasteiger partial charge in [-0.15, -0.1) is 0 Å². The van der Waals surface area contributed by atoms with Crippen LogP contribution in [0.15, 0.2) is 71.6 Å². The molecule has 0 saturated carbocycles. The molecule has 1 aliphatic carbocycles. The number of carboxylic acids is 1. The molecule has 238 valence electrons. The van der Waals surface area contributed by atoms with Crippen molar-refractivity contribution in [3.63, 3.8) is 0 Å². The molecule has 1 aliphatic rings. The fourth-order valence-corrected chi connectivity index (χ4v) is 7.41. The number of nitrogens with zero attached hydrogens (tertiary/aromatic N) is 1. The van der Waals surface area contributed by atoms with Crippen LogP contribution in [0.3, 0.4) is 0 Å². The first-order valence-electron chi connectivity index (χ1n) is 14.5. The normalized spacial score (nSPS) is 15.0. The number of hydrogen-bond acceptors (Lipinski definition) is 5. The molecule has 3 N–H and O–H groups in total. The fraction of sp³-hybridized carbons (Fsp3) is 0.424. The largest absolute Gasteiger partial charge is 0.481 e. The third-order valence-electron chi connectivity index (χ3n) is 8.13. The van der Waals surface area contributed by atoms with Crippen molar-refractivity contribution in [2.24, 2.45) is 5.92 Å². The zero-order valence-electron chi connectivity index (χ0n) is 25.1. The number of β-amino-alcohol motifs (C(OH)–C–C–N with tert-alkyl or cyclic N) is 1. The quantitative estimate of drug-likeness (QED) is 0.228. The second-order valence-corrected chi connectivity index (χ2v) is 14.2. The van der Waals surface area contributed by atoms with Crippen molar-refractivity contribution in [3.8, 4) is 11.1 Å². The summed E-state index contributed by atoms with van der Waals surface area (Å²) in [5.41, 5.74) is 2.04. The van der Waals surface area contributed by atoms with Crippen LogP contribution in [-0.2, 0) is 40.3 Å². The van der Waals surface area contributed by atoms with Crippen molar-refractivity contribution in [2.45, 2.75) is 68.7 Å². The summed E-state index contributed by atoms with van der Waals surface area (Å²) in [5.74, 6) is -0.607. The molecular formula is C33H39F3N2O5S. The number of nitrogens with one attached hydrogen (secondary N) is 1. The van der Waals surface area contributed by atoms with E-state index in [9.17, 15) is 31.5 Å². The van der Waals surface area contributed by atoms with Crippen molar-refractivity contribution in [2.75, 3.05) is 20.1 Å². The van der Waals surface area contributed by atoms with E-state index < -0.39 is 45.3 Å². The van der Waals surface area contributed by atoms with Crippen LogP contribution in [0.25, 0.3) is 11.1 Å². The zero-order chi connectivity index (χ0) is 32.3. The molecule has 7 nitrogen and oxygen atoms in total. The number of carbonyl (C=O) groups is 1. The number of rotatable bonds is 13. The minimum atomic E-state index is -4.99. The Morgan fingerprint density at radius 1 is 1.02 bits per heavy atom. The van der Waals surface area contributed by atoms with E-state index in [1.165, 1.54) is 17.2 Å². The lowest BCUT2D eigenvalue weighted by Crippen LogP contribution is -2.47. The van der Waals surface area contributed by atoms with Crippen LogP contribution in [-0.4, -0.2) is 60.7 Å². The molecule has 0 saturated heterocycles. The minimum absolute atomic E-state index is 0.0602. The molecule has 0 spiro atoms. The Kier molecular flexibility index (Phi) is 10.2. The summed E-state index contributed by atoms with van der Waals surface area (Å²) in [4.78, 5) is 10.1. The number of likely N-dealkylation sites (N-methyl/N-ethyl adjacent to an activating group) is 1. The maximum absolute atomic E-state index is 14.2. The van der Waals surface area contributed by atoms with Crippen LogP contribution in [0.4, 0.5) is 13.2 Å². The lowest BCUT2D eigenvalue weighted by atomic mass is 9.88. The molecule has 4 rings (SSSR count). The summed E-state index contributed by atoms with van der Waals surface area (Å²) in [6, 6.07) is 17.8. The summed E-state index contributed by atoms with van der Waals surface area (Å²) in [5, 5.41) is 23.1. The van der Waals surface area contributed by atoms with Crippen LogP contribution in [0.1, 0.15) is 48.9 Å². The van der Waals surface area contributed by atoms with Crippen LogP contribution < -0.4 is 5.32 Å². The topological polar surface area (TPSA) is 107 Å². The molecule has 44 heavy (non-hydrogen) atoms. The van der Waals surface area contributed by atoms with Crippen molar-refractivity contribution < 1.29 is 36.6 Å². The summed E-state index contributed by atoms with van der Waals surface area (Å²) in [6.45, 7) is 3.68. The molecule has 0 bridgehead atoms. The van der Waals surface area contributed by atoms with Gasteiger partial charge >= 0.3 is 12.1 Å². The average molecular weight is 633 g/mol. The third kappa shape index (κ3) is 8.26. The van der Waals surface area contributed by atoms with Gasteiger partial charge in [-0.05, 0) is 85.4 Å². The van der Waals surface area contributed by atoms with Crippen molar-refractivity contribution in [3.05, 3.63) is 89.0 Å². The smallest absolute Gasteiger partial charge is 0.417 e. The first-order valence-corrected chi connectivity index (χ1v) is 16.0. The molecule has 0 radical (unpaired) electrons. The monoisotopic (exact) mass is 632 g/mol. The van der Waals surface area contributed by atoms with E-state index in [0.717, 1.165) is 42.7 Å². The number of halogens is 3. The number of aliphatic hydroxyl groups excluding tert-OH is 1.